The molecule has 0 bridgehead atoms. The number of carboxylic acids is 1. The van der Waals surface area contributed by atoms with Gasteiger partial charge in [0, 0.05) is 5.56 Å². The molecular weight excluding hydrogens is 236 g/mol. The molecule has 2 aromatic rings. The fraction of sp³-hybridized carbons (Fsp3) is 0.250. The highest BCUT2D eigenvalue weighted by atomic mass is 16.5. The summed E-state index contributed by atoms with van der Waals surface area (Å²) in [6, 6.07) is 7.10. The molecule has 0 aliphatic carbocycles. The zero-order valence-electron chi connectivity index (χ0n) is 9.95. The maximum atomic E-state index is 10.8. The van der Waals surface area contributed by atoms with Crippen LogP contribution in [-0.2, 0) is 4.79 Å². The fourth-order valence-electron chi connectivity index (χ4n) is 1.39. The van der Waals surface area contributed by atoms with E-state index in [0.717, 1.165) is 0 Å². The van der Waals surface area contributed by atoms with Crippen LogP contribution in [-0.4, -0.2) is 28.4 Å². The predicted molar refractivity (Wildman–Crippen MR) is 62.3 cm³/mol. The molecule has 1 aromatic heterocycles. The highest BCUT2D eigenvalue weighted by Crippen LogP contribution is 2.24. The summed E-state index contributed by atoms with van der Waals surface area (Å²) < 4.78 is 10.4. The number of carbonyl (C=O) groups is 1. The van der Waals surface area contributed by atoms with E-state index >= 15 is 0 Å². The van der Waals surface area contributed by atoms with Crippen LogP contribution in [0.5, 0.6) is 5.75 Å². The van der Waals surface area contributed by atoms with Gasteiger partial charge in [0.2, 0.25) is 11.8 Å². The van der Waals surface area contributed by atoms with Crippen molar-refractivity contribution in [1.29, 1.82) is 0 Å². The zero-order chi connectivity index (χ0) is 13.1. The smallest absolute Gasteiger partial charge is 0.315 e. The first kappa shape index (κ1) is 12.1. The van der Waals surface area contributed by atoms with E-state index in [1.54, 1.807) is 31.4 Å². The van der Waals surface area contributed by atoms with E-state index in [1.165, 1.54) is 6.92 Å². The number of aliphatic carboxylic acids is 1. The van der Waals surface area contributed by atoms with Crippen LogP contribution in [0.3, 0.4) is 0 Å². The average molecular weight is 248 g/mol. The second-order valence-corrected chi connectivity index (χ2v) is 3.74. The number of nitrogens with zero attached hydrogens (tertiary/aromatic N) is 2. The Labute approximate surface area is 103 Å². The minimum absolute atomic E-state index is 0.0836. The van der Waals surface area contributed by atoms with Gasteiger partial charge in [-0.2, -0.15) is 0 Å². The topological polar surface area (TPSA) is 85.5 Å². The summed E-state index contributed by atoms with van der Waals surface area (Å²) in [6.07, 6.45) is 0. The van der Waals surface area contributed by atoms with Gasteiger partial charge in [-0.3, -0.25) is 4.79 Å². The van der Waals surface area contributed by atoms with E-state index in [9.17, 15) is 4.79 Å². The third-order valence-electron chi connectivity index (χ3n) is 2.50. The number of hydrogen-bond donors (Lipinski definition) is 1. The molecule has 0 aliphatic rings. The number of benzene rings is 1. The minimum atomic E-state index is -1.00. The Morgan fingerprint density at radius 2 is 2.22 bits per heavy atom. The predicted octanol–water partition coefficient (Wildman–Crippen LogP) is 1.93. The third-order valence-corrected chi connectivity index (χ3v) is 2.50. The maximum absolute atomic E-state index is 10.8. The third kappa shape index (κ3) is 2.32. The summed E-state index contributed by atoms with van der Waals surface area (Å²) in [6.45, 7) is 1.49. The number of carboxylic acid groups (broad SMARTS) is 1. The molecule has 6 nitrogen and oxygen atoms in total. The van der Waals surface area contributed by atoms with Crippen LogP contribution >= 0.6 is 0 Å². The fourth-order valence-corrected chi connectivity index (χ4v) is 1.39. The first-order valence-corrected chi connectivity index (χ1v) is 5.32. The zero-order valence-corrected chi connectivity index (χ0v) is 9.95. The minimum Gasteiger partial charge on any atom is -0.497 e. The molecule has 1 atom stereocenters. The van der Waals surface area contributed by atoms with Crippen molar-refractivity contribution in [2.45, 2.75) is 12.8 Å². The summed E-state index contributed by atoms with van der Waals surface area (Å²) in [5, 5.41) is 16.4. The van der Waals surface area contributed by atoms with Gasteiger partial charge in [-0.1, -0.05) is 6.07 Å². The van der Waals surface area contributed by atoms with E-state index in [0.29, 0.717) is 11.3 Å². The molecule has 1 aromatic carbocycles. The molecule has 94 valence electrons. The van der Waals surface area contributed by atoms with Crippen LogP contribution in [0.1, 0.15) is 18.7 Å². The van der Waals surface area contributed by atoms with Crippen molar-refractivity contribution in [3.63, 3.8) is 0 Å². The van der Waals surface area contributed by atoms with Crippen LogP contribution in [0.4, 0.5) is 0 Å². The Morgan fingerprint density at radius 1 is 1.44 bits per heavy atom. The normalized spacial score (nSPS) is 12.1. The summed E-state index contributed by atoms with van der Waals surface area (Å²) in [5.41, 5.74) is 0.686. The van der Waals surface area contributed by atoms with E-state index in [2.05, 4.69) is 10.2 Å². The lowest BCUT2D eigenvalue weighted by molar-refractivity contribution is -0.138. The quantitative estimate of drug-likeness (QED) is 0.889. The lowest BCUT2D eigenvalue weighted by Gasteiger charge is -2.00. The molecular formula is C12H12N2O4. The van der Waals surface area contributed by atoms with Gasteiger partial charge in [0.25, 0.3) is 0 Å². The average Bonchev–Trinajstić information content (AvgIpc) is 2.87. The van der Waals surface area contributed by atoms with E-state index in [1.807, 2.05) is 0 Å². The first-order valence-electron chi connectivity index (χ1n) is 5.32. The van der Waals surface area contributed by atoms with Crippen LogP contribution in [0.25, 0.3) is 11.5 Å². The summed E-state index contributed by atoms with van der Waals surface area (Å²) in [4.78, 5) is 10.8. The Kier molecular flexibility index (Phi) is 3.27. The summed E-state index contributed by atoms with van der Waals surface area (Å²) >= 11 is 0. The second-order valence-electron chi connectivity index (χ2n) is 3.74. The van der Waals surface area contributed by atoms with Crippen molar-refractivity contribution in [1.82, 2.24) is 10.2 Å². The molecule has 0 spiro atoms. The maximum Gasteiger partial charge on any atom is 0.315 e. The Morgan fingerprint density at radius 3 is 2.89 bits per heavy atom. The summed E-state index contributed by atoms with van der Waals surface area (Å²) in [5.74, 6) is -0.802. The number of methoxy groups -OCH3 is 1. The van der Waals surface area contributed by atoms with E-state index in [4.69, 9.17) is 14.3 Å². The Balaban J connectivity index is 2.31. The van der Waals surface area contributed by atoms with Gasteiger partial charge in [-0.05, 0) is 25.1 Å². The van der Waals surface area contributed by atoms with Crippen molar-refractivity contribution < 1.29 is 19.1 Å². The molecule has 1 heterocycles. The molecule has 2 rings (SSSR count). The van der Waals surface area contributed by atoms with E-state index < -0.39 is 11.9 Å². The van der Waals surface area contributed by atoms with Crippen molar-refractivity contribution in [3.05, 3.63) is 30.2 Å². The molecule has 6 heteroatoms. The summed E-state index contributed by atoms with van der Waals surface area (Å²) in [7, 11) is 1.56. The van der Waals surface area contributed by atoms with Crippen molar-refractivity contribution >= 4 is 5.97 Å². The second kappa shape index (κ2) is 4.87. The number of rotatable bonds is 4. The number of aromatic nitrogens is 2. The molecule has 0 saturated carbocycles. The van der Waals surface area contributed by atoms with Crippen LogP contribution < -0.4 is 4.74 Å². The monoisotopic (exact) mass is 248 g/mol. The molecule has 0 radical (unpaired) electrons. The number of hydrogen-bond acceptors (Lipinski definition) is 5. The van der Waals surface area contributed by atoms with E-state index in [-0.39, 0.29) is 11.8 Å². The molecule has 0 saturated heterocycles. The van der Waals surface area contributed by atoms with Gasteiger partial charge < -0.3 is 14.3 Å². The van der Waals surface area contributed by atoms with Crippen LogP contribution in [0.2, 0.25) is 0 Å². The SMILES string of the molecule is COc1cccc(-c2nnc(C(C)C(=O)O)o2)c1. The lowest BCUT2D eigenvalue weighted by Crippen LogP contribution is -2.07. The molecule has 0 aliphatic heterocycles. The Hall–Kier alpha value is -2.37. The van der Waals surface area contributed by atoms with Gasteiger partial charge in [-0.15, -0.1) is 10.2 Å². The van der Waals surface area contributed by atoms with Gasteiger partial charge >= 0.3 is 5.97 Å². The van der Waals surface area contributed by atoms with Crippen LogP contribution in [0, 0.1) is 0 Å². The number of ether oxygens (including phenoxy) is 1. The van der Waals surface area contributed by atoms with Crippen molar-refractivity contribution in [3.8, 4) is 17.2 Å². The van der Waals surface area contributed by atoms with Gasteiger partial charge in [0.1, 0.15) is 11.7 Å². The lowest BCUT2D eigenvalue weighted by atomic mass is 10.2. The standard InChI is InChI=1S/C12H12N2O4/c1-7(12(15)16)10-13-14-11(18-10)8-4-3-5-9(6-8)17-2/h3-7H,1-2H3,(H,15,16). The highest BCUT2D eigenvalue weighted by Gasteiger charge is 2.21. The first-order chi connectivity index (χ1) is 8.61. The molecule has 1 unspecified atom stereocenters. The highest BCUT2D eigenvalue weighted by molar-refractivity contribution is 5.74. The van der Waals surface area contributed by atoms with Gasteiger partial charge in [0.05, 0.1) is 7.11 Å². The van der Waals surface area contributed by atoms with Crippen LogP contribution in [0.15, 0.2) is 28.7 Å². The van der Waals surface area contributed by atoms with Crippen molar-refractivity contribution in [2.75, 3.05) is 7.11 Å². The largest absolute Gasteiger partial charge is 0.497 e. The molecule has 0 amide bonds. The van der Waals surface area contributed by atoms with Crippen molar-refractivity contribution in [2.24, 2.45) is 0 Å². The molecule has 0 fully saturated rings. The van der Waals surface area contributed by atoms with Gasteiger partial charge in [0.15, 0.2) is 0 Å². The molecule has 18 heavy (non-hydrogen) atoms. The van der Waals surface area contributed by atoms with Gasteiger partial charge in [-0.25, -0.2) is 0 Å². The Bertz CT molecular complexity index is 565. The molecule has 1 N–H and O–H groups in total.